The van der Waals surface area contributed by atoms with Crippen molar-refractivity contribution >= 4 is 0 Å². The second kappa shape index (κ2) is 4.51. The molecule has 0 aliphatic carbocycles. The summed E-state index contributed by atoms with van der Waals surface area (Å²) in [5, 5.41) is 8.80. The van der Waals surface area contributed by atoms with Gasteiger partial charge in [0.25, 0.3) is 0 Å². The van der Waals surface area contributed by atoms with Crippen LogP contribution in [0.5, 0.6) is 0 Å². The zero-order chi connectivity index (χ0) is 9.73. The van der Waals surface area contributed by atoms with Gasteiger partial charge in [0.05, 0.1) is 0 Å². The van der Waals surface area contributed by atoms with Gasteiger partial charge in [0.1, 0.15) is 12.9 Å². The fourth-order valence-corrected chi connectivity index (χ4v) is 1.39. The van der Waals surface area contributed by atoms with E-state index in [2.05, 4.69) is 6.92 Å². The first-order chi connectivity index (χ1) is 6.20. The number of rotatable bonds is 5. The van der Waals surface area contributed by atoms with Crippen molar-refractivity contribution in [2.45, 2.75) is 45.3 Å². The van der Waals surface area contributed by atoms with Crippen molar-refractivity contribution in [3.05, 3.63) is 12.0 Å². The molecular weight excluding hydrogens is 168 g/mol. The molecule has 1 unspecified atom stereocenters. The number of hydrogen-bond acceptors (Lipinski definition) is 3. The maximum atomic E-state index is 8.80. The minimum atomic E-state index is -0.534. The topological polar surface area (TPSA) is 38.7 Å². The first-order valence-corrected chi connectivity index (χ1v) is 4.87. The van der Waals surface area contributed by atoms with Gasteiger partial charge in [0.2, 0.25) is 5.79 Å². The highest BCUT2D eigenvalue weighted by Crippen LogP contribution is 2.29. The van der Waals surface area contributed by atoms with Crippen LogP contribution in [-0.4, -0.2) is 17.5 Å². The maximum Gasteiger partial charge on any atom is 0.247 e. The molecule has 0 amide bonds. The van der Waals surface area contributed by atoms with Gasteiger partial charge in [-0.1, -0.05) is 19.8 Å². The Morgan fingerprint density at radius 2 is 2.23 bits per heavy atom. The average molecular weight is 186 g/mol. The van der Waals surface area contributed by atoms with E-state index in [1.807, 2.05) is 6.92 Å². The minimum Gasteiger partial charge on any atom is -0.457 e. The quantitative estimate of drug-likeness (QED) is 0.669. The molecule has 1 aliphatic rings. The highest BCUT2D eigenvalue weighted by Gasteiger charge is 2.32. The largest absolute Gasteiger partial charge is 0.457 e. The molecule has 1 atom stereocenters. The molecule has 13 heavy (non-hydrogen) atoms. The molecule has 1 N–H and O–H groups in total. The Morgan fingerprint density at radius 3 is 2.77 bits per heavy atom. The first-order valence-electron chi connectivity index (χ1n) is 4.87. The summed E-state index contributed by atoms with van der Waals surface area (Å²) in [6, 6.07) is 0. The second-order valence-electron chi connectivity index (χ2n) is 3.55. The molecule has 0 aromatic rings. The average Bonchev–Trinajstić information content (AvgIpc) is 2.49. The molecule has 1 heterocycles. The van der Waals surface area contributed by atoms with E-state index in [4.69, 9.17) is 14.6 Å². The van der Waals surface area contributed by atoms with Gasteiger partial charge in [-0.2, -0.15) is 0 Å². The molecule has 3 heteroatoms. The fourth-order valence-electron chi connectivity index (χ4n) is 1.39. The normalized spacial score (nSPS) is 26.5. The summed E-state index contributed by atoms with van der Waals surface area (Å²) >= 11 is 0. The molecule has 0 saturated carbocycles. The molecule has 3 nitrogen and oxygen atoms in total. The van der Waals surface area contributed by atoms with E-state index in [1.54, 1.807) is 0 Å². The highest BCUT2D eigenvalue weighted by molar-refractivity contribution is 4.95. The van der Waals surface area contributed by atoms with E-state index in [9.17, 15) is 0 Å². The third-order valence-electron chi connectivity index (χ3n) is 2.18. The van der Waals surface area contributed by atoms with Crippen LogP contribution in [0.3, 0.4) is 0 Å². The van der Waals surface area contributed by atoms with Crippen molar-refractivity contribution in [2.75, 3.05) is 6.61 Å². The van der Waals surface area contributed by atoms with Gasteiger partial charge in [-0.05, 0) is 6.42 Å². The SMILES string of the molecule is CCCCCC1(C)OC=C(CO)O1. The summed E-state index contributed by atoms with van der Waals surface area (Å²) in [4.78, 5) is 0. The van der Waals surface area contributed by atoms with Crippen molar-refractivity contribution in [1.82, 2.24) is 0 Å². The van der Waals surface area contributed by atoms with Gasteiger partial charge >= 0.3 is 0 Å². The monoisotopic (exact) mass is 186 g/mol. The molecule has 0 aromatic heterocycles. The molecule has 1 rings (SSSR count). The van der Waals surface area contributed by atoms with Gasteiger partial charge in [0.15, 0.2) is 5.76 Å². The van der Waals surface area contributed by atoms with Crippen LogP contribution in [-0.2, 0) is 9.47 Å². The maximum absolute atomic E-state index is 8.80. The second-order valence-corrected chi connectivity index (χ2v) is 3.55. The van der Waals surface area contributed by atoms with E-state index < -0.39 is 5.79 Å². The number of aliphatic hydroxyl groups is 1. The summed E-state index contributed by atoms with van der Waals surface area (Å²) in [6.07, 6.45) is 5.86. The minimum absolute atomic E-state index is 0.0800. The molecule has 0 aromatic carbocycles. The Bertz CT molecular complexity index is 189. The Hall–Kier alpha value is -0.700. The predicted molar refractivity (Wildman–Crippen MR) is 49.9 cm³/mol. The predicted octanol–water partition coefficient (Wildman–Crippen LogP) is 2.16. The molecule has 0 fully saturated rings. The standard InChI is InChI=1S/C10H18O3/c1-3-4-5-6-10(2)12-8-9(7-11)13-10/h8,11H,3-7H2,1-2H3. The zero-order valence-corrected chi connectivity index (χ0v) is 8.38. The lowest BCUT2D eigenvalue weighted by atomic mass is 10.1. The van der Waals surface area contributed by atoms with Crippen LogP contribution < -0.4 is 0 Å². The molecule has 76 valence electrons. The fraction of sp³-hybridized carbons (Fsp3) is 0.800. The summed E-state index contributed by atoms with van der Waals surface area (Å²) in [6.45, 7) is 3.99. The lowest BCUT2D eigenvalue weighted by Gasteiger charge is -2.23. The summed E-state index contributed by atoms with van der Waals surface area (Å²) in [5.41, 5.74) is 0. The van der Waals surface area contributed by atoms with Crippen LogP contribution in [0.2, 0.25) is 0 Å². The smallest absolute Gasteiger partial charge is 0.247 e. The van der Waals surface area contributed by atoms with E-state index in [1.165, 1.54) is 19.1 Å². The molecule has 0 radical (unpaired) electrons. The van der Waals surface area contributed by atoms with Gasteiger partial charge < -0.3 is 14.6 Å². The number of hydrogen-bond donors (Lipinski definition) is 1. The number of ether oxygens (including phenoxy) is 2. The summed E-state index contributed by atoms with van der Waals surface area (Å²) in [7, 11) is 0. The molecule has 1 aliphatic heterocycles. The third-order valence-corrected chi connectivity index (χ3v) is 2.18. The molecule has 0 spiro atoms. The van der Waals surface area contributed by atoms with Gasteiger partial charge in [-0.25, -0.2) is 0 Å². The molecule has 0 saturated heterocycles. The van der Waals surface area contributed by atoms with E-state index in [0.717, 1.165) is 12.8 Å². The Labute approximate surface area is 79.3 Å². The summed E-state index contributed by atoms with van der Waals surface area (Å²) in [5.74, 6) is -0.00764. The third kappa shape index (κ3) is 2.92. The van der Waals surface area contributed by atoms with Gasteiger partial charge in [-0.15, -0.1) is 0 Å². The van der Waals surface area contributed by atoms with Crippen LogP contribution in [0.25, 0.3) is 0 Å². The van der Waals surface area contributed by atoms with Crippen LogP contribution in [0.15, 0.2) is 12.0 Å². The van der Waals surface area contributed by atoms with E-state index in [-0.39, 0.29) is 6.61 Å². The van der Waals surface area contributed by atoms with Crippen molar-refractivity contribution < 1.29 is 14.6 Å². The van der Waals surface area contributed by atoms with Crippen molar-refractivity contribution in [3.63, 3.8) is 0 Å². The van der Waals surface area contributed by atoms with E-state index >= 15 is 0 Å². The Kier molecular flexibility index (Phi) is 3.60. The number of aliphatic hydroxyl groups excluding tert-OH is 1. The molecule has 0 bridgehead atoms. The molecular formula is C10H18O3. The van der Waals surface area contributed by atoms with E-state index in [0.29, 0.717) is 5.76 Å². The van der Waals surface area contributed by atoms with Gasteiger partial charge in [-0.3, -0.25) is 0 Å². The van der Waals surface area contributed by atoms with Crippen LogP contribution in [0.4, 0.5) is 0 Å². The lowest BCUT2D eigenvalue weighted by molar-refractivity contribution is -0.141. The van der Waals surface area contributed by atoms with Crippen LogP contribution in [0, 0.1) is 0 Å². The van der Waals surface area contributed by atoms with Crippen LogP contribution >= 0.6 is 0 Å². The first kappa shape index (κ1) is 10.4. The van der Waals surface area contributed by atoms with Crippen LogP contribution in [0.1, 0.15) is 39.5 Å². The van der Waals surface area contributed by atoms with Gasteiger partial charge in [0, 0.05) is 13.3 Å². The lowest BCUT2D eigenvalue weighted by Crippen LogP contribution is -2.26. The van der Waals surface area contributed by atoms with Crippen molar-refractivity contribution in [2.24, 2.45) is 0 Å². The zero-order valence-electron chi connectivity index (χ0n) is 8.38. The Balaban J connectivity index is 2.26. The van der Waals surface area contributed by atoms with Crippen molar-refractivity contribution in [3.8, 4) is 0 Å². The van der Waals surface area contributed by atoms with Crippen molar-refractivity contribution in [1.29, 1.82) is 0 Å². The summed E-state index contributed by atoms with van der Waals surface area (Å²) < 4.78 is 10.8. The Morgan fingerprint density at radius 1 is 1.46 bits per heavy atom. The highest BCUT2D eigenvalue weighted by atomic mass is 16.7. The number of unbranched alkanes of at least 4 members (excludes halogenated alkanes) is 2.